The number of carbonyl (C=O) groups is 1. The third kappa shape index (κ3) is 5.94. The molecule has 0 aliphatic rings. The molecule has 1 atom stereocenters. The van der Waals surface area contributed by atoms with E-state index in [1.165, 1.54) is 0 Å². The molecule has 0 spiro atoms. The van der Waals surface area contributed by atoms with Crippen LogP contribution in [0.15, 0.2) is 0 Å². The van der Waals surface area contributed by atoms with Crippen LogP contribution < -0.4 is 5.32 Å². The van der Waals surface area contributed by atoms with Crippen molar-refractivity contribution in [2.75, 3.05) is 33.8 Å². The summed E-state index contributed by atoms with van der Waals surface area (Å²) in [5.41, 5.74) is 0. The van der Waals surface area contributed by atoms with E-state index in [0.29, 0.717) is 6.61 Å². The van der Waals surface area contributed by atoms with Crippen molar-refractivity contribution >= 4 is 5.97 Å². The molecule has 84 valence electrons. The SMILES string of the molecule is CCOC(=O)C(CC)NCCN(C)C. The molecule has 0 rings (SSSR count). The van der Waals surface area contributed by atoms with E-state index in [2.05, 4.69) is 10.2 Å². The number of nitrogens with zero attached hydrogens (tertiary/aromatic N) is 1. The van der Waals surface area contributed by atoms with Crippen LogP contribution in [0.2, 0.25) is 0 Å². The fourth-order valence-corrected chi connectivity index (χ4v) is 1.10. The second kappa shape index (κ2) is 7.76. The molecular formula is C10H22N2O2. The van der Waals surface area contributed by atoms with Crippen LogP contribution in [-0.2, 0) is 9.53 Å². The van der Waals surface area contributed by atoms with Crippen molar-refractivity contribution < 1.29 is 9.53 Å². The molecule has 14 heavy (non-hydrogen) atoms. The molecule has 4 nitrogen and oxygen atoms in total. The average Bonchev–Trinajstić information content (AvgIpc) is 2.12. The lowest BCUT2D eigenvalue weighted by Crippen LogP contribution is -2.40. The van der Waals surface area contributed by atoms with Gasteiger partial charge in [0.2, 0.25) is 0 Å². The first-order chi connectivity index (χ1) is 6.61. The molecule has 0 amide bonds. The number of esters is 1. The molecule has 0 saturated heterocycles. The third-order valence-electron chi connectivity index (χ3n) is 1.93. The Hall–Kier alpha value is -0.610. The minimum Gasteiger partial charge on any atom is -0.465 e. The molecule has 0 aromatic rings. The van der Waals surface area contributed by atoms with E-state index in [1.807, 2.05) is 27.9 Å². The molecule has 0 saturated carbocycles. The first-order valence-corrected chi connectivity index (χ1v) is 5.16. The van der Waals surface area contributed by atoms with Crippen LogP contribution in [0.4, 0.5) is 0 Å². The Morgan fingerprint density at radius 1 is 1.43 bits per heavy atom. The van der Waals surface area contributed by atoms with Crippen molar-refractivity contribution in [3.05, 3.63) is 0 Å². The van der Waals surface area contributed by atoms with Gasteiger partial charge in [0.1, 0.15) is 6.04 Å². The molecule has 0 bridgehead atoms. The summed E-state index contributed by atoms with van der Waals surface area (Å²) in [5.74, 6) is -0.145. The fraction of sp³-hybridized carbons (Fsp3) is 0.900. The van der Waals surface area contributed by atoms with E-state index in [9.17, 15) is 4.79 Å². The monoisotopic (exact) mass is 202 g/mol. The molecular weight excluding hydrogens is 180 g/mol. The van der Waals surface area contributed by atoms with Crippen molar-refractivity contribution in [3.8, 4) is 0 Å². The van der Waals surface area contributed by atoms with Gasteiger partial charge in [0.25, 0.3) is 0 Å². The molecule has 0 heterocycles. The lowest BCUT2D eigenvalue weighted by molar-refractivity contribution is -0.145. The van der Waals surface area contributed by atoms with Crippen molar-refractivity contribution in [1.29, 1.82) is 0 Å². The summed E-state index contributed by atoms with van der Waals surface area (Å²) in [4.78, 5) is 13.4. The van der Waals surface area contributed by atoms with Crippen LogP contribution >= 0.6 is 0 Å². The minimum atomic E-state index is -0.158. The highest BCUT2D eigenvalue weighted by molar-refractivity contribution is 5.75. The van der Waals surface area contributed by atoms with Gasteiger partial charge in [-0.3, -0.25) is 4.79 Å². The lowest BCUT2D eigenvalue weighted by Gasteiger charge is -2.17. The maximum Gasteiger partial charge on any atom is 0.323 e. The van der Waals surface area contributed by atoms with Gasteiger partial charge in [-0.2, -0.15) is 0 Å². The average molecular weight is 202 g/mol. The first-order valence-electron chi connectivity index (χ1n) is 5.16. The van der Waals surface area contributed by atoms with Crippen molar-refractivity contribution in [2.24, 2.45) is 0 Å². The number of likely N-dealkylation sites (N-methyl/N-ethyl adjacent to an activating group) is 1. The maximum atomic E-state index is 11.4. The van der Waals surface area contributed by atoms with Crippen LogP contribution in [0.3, 0.4) is 0 Å². The molecule has 0 aliphatic carbocycles. The predicted molar refractivity (Wildman–Crippen MR) is 57.3 cm³/mol. The molecule has 1 unspecified atom stereocenters. The maximum absolute atomic E-state index is 11.4. The highest BCUT2D eigenvalue weighted by atomic mass is 16.5. The third-order valence-corrected chi connectivity index (χ3v) is 1.93. The topological polar surface area (TPSA) is 41.6 Å². The van der Waals surface area contributed by atoms with E-state index >= 15 is 0 Å². The van der Waals surface area contributed by atoms with Gasteiger partial charge in [-0.05, 0) is 27.4 Å². The fourth-order valence-electron chi connectivity index (χ4n) is 1.10. The largest absolute Gasteiger partial charge is 0.465 e. The van der Waals surface area contributed by atoms with Crippen molar-refractivity contribution in [1.82, 2.24) is 10.2 Å². The van der Waals surface area contributed by atoms with E-state index in [-0.39, 0.29) is 12.0 Å². The number of nitrogens with one attached hydrogen (secondary N) is 1. The molecule has 0 radical (unpaired) electrons. The molecule has 4 heteroatoms. The highest BCUT2D eigenvalue weighted by Crippen LogP contribution is 1.94. The Balaban J connectivity index is 3.73. The Morgan fingerprint density at radius 2 is 2.07 bits per heavy atom. The van der Waals surface area contributed by atoms with Gasteiger partial charge in [0.15, 0.2) is 0 Å². The van der Waals surface area contributed by atoms with Gasteiger partial charge in [-0.15, -0.1) is 0 Å². The van der Waals surface area contributed by atoms with Crippen molar-refractivity contribution in [2.45, 2.75) is 26.3 Å². The normalized spacial score (nSPS) is 12.9. The van der Waals surface area contributed by atoms with Crippen LogP contribution in [-0.4, -0.2) is 50.7 Å². The number of ether oxygens (including phenoxy) is 1. The van der Waals surface area contributed by atoms with E-state index in [4.69, 9.17) is 4.74 Å². The quantitative estimate of drug-likeness (QED) is 0.610. The van der Waals surface area contributed by atoms with Crippen LogP contribution in [0.1, 0.15) is 20.3 Å². The molecule has 0 aromatic carbocycles. The van der Waals surface area contributed by atoms with Crippen LogP contribution in [0.25, 0.3) is 0 Å². The molecule has 0 fully saturated rings. The van der Waals surface area contributed by atoms with Gasteiger partial charge in [-0.1, -0.05) is 6.92 Å². The number of hydrogen-bond donors (Lipinski definition) is 1. The summed E-state index contributed by atoms with van der Waals surface area (Å²) in [6.07, 6.45) is 0.770. The van der Waals surface area contributed by atoms with Gasteiger partial charge in [0, 0.05) is 13.1 Å². The van der Waals surface area contributed by atoms with Gasteiger partial charge < -0.3 is 15.0 Å². The zero-order valence-corrected chi connectivity index (χ0v) is 9.67. The Morgan fingerprint density at radius 3 is 2.50 bits per heavy atom. The smallest absolute Gasteiger partial charge is 0.323 e. The number of carbonyl (C=O) groups excluding carboxylic acids is 1. The van der Waals surface area contributed by atoms with Gasteiger partial charge in [-0.25, -0.2) is 0 Å². The number of rotatable bonds is 7. The second-order valence-corrected chi connectivity index (χ2v) is 3.47. The molecule has 0 aliphatic heterocycles. The van der Waals surface area contributed by atoms with Crippen LogP contribution in [0.5, 0.6) is 0 Å². The summed E-state index contributed by atoms with van der Waals surface area (Å²) in [6.45, 7) is 5.99. The highest BCUT2D eigenvalue weighted by Gasteiger charge is 2.15. The van der Waals surface area contributed by atoms with E-state index in [1.54, 1.807) is 0 Å². The Labute approximate surface area is 86.6 Å². The zero-order valence-electron chi connectivity index (χ0n) is 9.67. The standard InChI is InChI=1S/C10H22N2O2/c1-5-9(10(13)14-6-2)11-7-8-12(3)4/h9,11H,5-8H2,1-4H3. The summed E-state index contributed by atoms with van der Waals surface area (Å²) >= 11 is 0. The van der Waals surface area contributed by atoms with E-state index in [0.717, 1.165) is 19.5 Å². The summed E-state index contributed by atoms with van der Waals surface area (Å²) in [6, 6.07) is -0.158. The second-order valence-electron chi connectivity index (χ2n) is 3.47. The Bertz CT molecular complexity index is 160. The first kappa shape index (κ1) is 13.4. The molecule has 0 aromatic heterocycles. The summed E-state index contributed by atoms with van der Waals surface area (Å²) in [5, 5.41) is 3.17. The van der Waals surface area contributed by atoms with Crippen molar-refractivity contribution in [3.63, 3.8) is 0 Å². The van der Waals surface area contributed by atoms with Gasteiger partial charge >= 0.3 is 5.97 Å². The zero-order chi connectivity index (χ0) is 11.0. The Kier molecular flexibility index (Phi) is 7.42. The number of hydrogen-bond acceptors (Lipinski definition) is 4. The van der Waals surface area contributed by atoms with E-state index < -0.39 is 0 Å². The van der Waals surface area contributed by atoms with Crippen LogP contribution in [0, 0.1) is 0 Å². The summed E-state index contributed by atoms with van der Waals surface area (Å²) < 4.78 is 4.94. The minimum absolute atomic E-state index is 0.145. The summed E-state index contributed by atoms with van der Waals surface area (Å²) in [7, 11) is 4.01. The predicted octanol–water partition coefficient (Wildman–Crippen LogP) is 0.479. The lowest BCUT2D eigenvalue weighted by atomic mass is 10.2. The van der Waals surface area contributed by atoms with Gasteiger partial charge in [0.05, 0.1) is 6.61 Å². The molecule has 1 N–H and O–H groups in total.